The Hall–Kier alpha value is -1.81. The van der Waals surface area contributed by atoms with E-state index in [1.807, 2.05) is 31.2 Å². The van der Waals surface area contributed by atoms with Gasteiger partial charge in [-0.15, -0.1) is 0 Å². The molecule has 1 saturated heterocycles. The smallest absolute Gasteiger partial charge is 0.246 e. The lowest BCUT2D eigenvalue weighted by molar-refractivity contribution is -0.125. The molecule has 1 aromatic rings. The van der Waals surface area contributed by atoms with Crippen LogP contribution in [0.1, 0.15) is 18.9 Å². The van der Waals surface area contributed by atoms with Crippen molar-refractivity contribution in [1.82, 2.24) is 4.90 Å². The summed E-state index contributed by atoms with van der Waals surface area (Å²) in [5, 5.41) is 0. The SMILES string of the molecule is COc1ccc(C(C)=CC(=O)N2CC[C@H](N)C2)cc1. The van der Waals surface area contributed by atoms with Crippen LogP contribution >= 0.6 is 0 Å². The van der Waals surface area contributed by atoms with Gasteiger partial charge in [0.05, 0.1) is 7.11 Å². The molecule has 2 N–H and O–H groups in total. The van der Waals surface area contributed by atoms with Crippen LogP contribution in [0.3, 0.4) is 0 Å². The molecule has 0 spiro atoms. The summed E-state index contributed by atoms with van der Waals surface area (Å²) in [6.45, 7) is 3.35. The summed E-state index contributed by atoms with van der Waals surface area (Å²) in [7, 11) is 1.64. The monoisotopic (exact) mass is 260 g/mol. The summed E-state index contributed by atoms with van der Waals surface area (Å²) in [5.74, 6) is 0.856. The number of nitrogens with two attached hydrogens (primary N) is 1. The number of carbonyl (C=O) groups excluding carboxylic acids is 1. The van der Waals surface area contributed by atoms with E-state index in [0.717, 1.165) is 29.9 Å². The van der Waals surface area contributed by atoms with E-state index in [1.54, 1.807) is 18.1 Å². The summed E-state index contributed by atoms with van der Waals surface area (Å²) in [6, 6.07) is 7.81. The number of carbonyl (C=O) groups is 1. The Morgan fingerprint density at radius 3 is 2.63 bits per heavy atom. The molecule has 0 aliphatic carbocycles. The summed E-state index contributed by atoms with van der Waals surface area (Å²) in [4.78, 5) is 13.9. The first-order valence-corrected chi connectivity index (χ1v) is 6.47. The van der Waals surface area contributed by atoms with E-state index in [4.69, 9.17) is 10.5 Å². The minimum absolute atomic E-state index is 0.0428. The summed E-state index contributed by atoms with van der Waals surface area (Å²) >= 11 is 0. The van der Waals surface area contributed by atoms with E-state index in [0.29, 0.717) is 6.54 Å². The van der Waals surface area contributed by atoms with Gasteiger partial charge in [-0.3, -0.25) is 4.79 Å². The molecule has 0 bridgehead atoms. The van der Waals surface area contributed by atoms with E-state index in [9.17, 15) is 4.79 Å². The predicted molar refractivity (Wildman–Crippen MR) is 75.8 cm³/mol. The molecule has 4 heteroatoms. The van der Waals surface area contributed by atoms with Crippen LogP contribution in [0.2, 0.25) is 0 Å². The van der Waals surface area contributed by atoms with Crippen molar-refractivity contribution < 1.29 is 9.53 Å². The van der Waals surface area contributed by atoms with Gasteiger partial charge >= 0.3 is 0 Å². The van der Waals surface area contributed by atoms with Gasteiger partial charge in [-0.1, -0.05) is 12.1 Å². The van der Waals surface area contributed by atoms with Crippen molar-refractivity contribution in [2.75, 3.05) is 20.2 Å². The van der Waals surface area contributed by atoms with Crippen LogP contribution in [0.4, 0.5) is 0 Å². The van der Waals surface area contributed by atoms with E-state index in [2.05, 4.69) is 0 Å². The van der Waals surface area contributed by atoms with E-state index >= 15 is 0 Å². The molecule has 1 aromatic carbocycles. The third-order valence-corrected chi connectivity index (χ3v) is 3.42. The fraction of sp³-hybridized carbons (Fsp3) is 0.400. The first kappa shape index (κ1) is 13.6. The Morgan fingerprint density at radius 2 is 2.11 bits per heavy atom. The van der Waals surface area contributed by atoms with Crippen LogP contribution in [0.5, 0.6) is 5.75 Å². The highest BCUT2D eigenvalue weighted by molar-refractivity contribution is 5.95. The van der Waals surface area contributed by atoms with Crippen molar-refractivity contribution in [2.45, 2.75) is 19.4 Å². The molecule has 1 aliphatic rings. The lowest BCUT2D eigenvalue weighted by Crippen LogP contribution is -2.30. The number of hydrogen-bond acceptors (Lipinski definition) is 3. The van der Waals surface area contributed by atoms with Crippen LogP contribution in [0, 0.1) is 0 Å². The molecule has 1 heterocycles. The normalized spacial score (nSPS) is 19.6. The largest absolute Gasteiger partial charge is 0.497 e. The summed E-state index contributed by atoms with van der Waals surface area (Å²) < 4.78 is 5.11. The van der Waals surface area contributed by atoms with Crippen molar-refractivity contribution >= 4 is 11.5 Å². The molecule has 1 aliphatic heterocycles. The van der Waals surface area contributed by atoms with E-state index in [1.165, 1.54) is 0 Å². The maximum atomic E-state index is 12.1. The quantitative estimate of drug-likeness (QED) is 0.841. The van der Waals surface area contributed by atoms with Gasteiger partial charge in [-0.2, -0.15) is 0 Å². The zero-order valence-corrected chi connectivity index (χ0v) is 11.4. The van der Waals surface area contributed by atoms with Gasteiger partial charge in [0, 0.05) is 25.2 Å². The molecule has 1 atom stereocenters. The first-order valence-electron chi connectivity index (χ1n) is 6.47. The summed E-state index contributed by atoms with van der Waals surface area (Å²) in [5.41, 5.74) is 7.79. The molecular formula is C15H20N2O2. The molecule has 0 radical (unpaired) electrons. The Kier molecular flexibility index (Phi) is 4.22. The second-order valence-corrected chi connectivity index (χ2v) is 4.89. The van der Waals surface area contributed by atoms with Gasteiger partial charge in [0.2, 0.25) is 5.91 Å². The van der Waals surface area contributed by atoms with Crippen molar-refractivity contribution in [3.05, 3.63) is 35.9 Å². The van der Waals surface area contributed by atoms with Crippen LogP contribution in [-0.2, 0) is 4.79 Å². The van der Waals surface area contributed by atoms with Crippen molar-refractivity contribution in [2.24, 2.45) is 5.73 Å². The number of amides is 1. The number of ether oxygens (including phenoxy) is 1. The molecule has 19 heavy (non-hydrogen) atoms. The average molecular weight is 260 g/mol. The Morgan fingerprint density at radius 1 is 1.42 bits per heavy atom. The van der Waals surface area contributed by atoms with Gasteiger partial charge in [-0.05, 0) is 36.6 Å². The molecule has 2 rings (SSSR count). The van der Waals surface area contributed by atoms with Gasteiger partial charge in [-0.25, -0.2) is 0 Å². The number of likely N-dealkylation sites (tertiary alicyclic amines) is 1. The van der Waals surface area contributed by atoms with Gasteiger partial charge in [0.15, 0.2) is 0 Å². The fourth-order valence-corrected chi connectivity index (χ4v) is 2.20. The van der Waals surface area contributed by atoms with Crippen LogP contribution in [0.25, 0.3) is 5.57 Å². The van der Waals surface area contributed by atoms with Crippen molar-refractivity contribution in [3.8, 4) is 5.75 Å². The van der Waals surface area contributed by atoms with Crippen molar-refractivity contribution in [1.29, 1.82) is 0 Å². The first-order chi connectivity index (χ1) is 9.10. The topological polar surface area (TPSA) is 55.6 Å². The van der Waals surface area contributed by atoms with E-state index in [-0.39, 0.29) is 11.9 Å². The number of nitrogens with zero attached hydrogens (tertiary/aromatic N) is 1. The standard InChI is InChI=1S/C15H20N2O2/c1-11(12-3-5-14(19-2)6-4-12)9-15(18)17-8-7-13(16)10-17/h3-6,9,13H,7-8,10,16H2,1-2H3/t13-/m0/s1. The zero-order chi connectivity index (χ0) is 13.8. The second-order valence-electron chi connectivity index (χ2n) is 4.89. The maximum absolute atomic E-state index is 12.1. The third kappa shape index (κ3) is 3.35. The maximum Gasteiger partial charge on any atom is 0.246 e. The molecule has 0 saturated carbocycles. The molecule has 0 aromatic heterocycles. The second kappa shape index (κ2) is 5.89. The molecule has 0 unspecified atom stereocenters. The van der Waals surface area contributed by atoms with Gasteiger partial charge in [0.1, 0.15) is 5.75 Å². The number of hydrogen-bond donors (Lipinski definition) is 1. The number of methoxy groups -OCH3 is 1. The Bertz CT molecular complexity index is 479. The Balaban J connectivity index is 2.07. The van der Waals surface area contributed by atoms with Gasteiger partial charge in [0.25, 0.3) is 0 Å². The minimum atomic E-state index is 0.0428. The van der Waals surface area contributed by atoms with E-state index < -0.39 is 0 Å². The van der Waals surface area contributed by atoms with Crippen LogP contribution in [0.15, 0.2) is 30.3 Å². The third-order valence-electron chi connectivity index (χ3n) is 3.42. The molecule has 1 amide bonds. The summed E-state index contributed by atoms with van der Waals surface area (Å²) in [6.07, 6.45) is 2.57. The predicted octanol–water partition coefficient (Wildman–Crippen LogP) is 1.66. The van der Waals surface area contributed by atoms with Crippen LogP contribution in [-0.4, -0.2) is 37.0 Å². The highest BCUT2D eigenvalue weighted by atomic mass is 16.5. The van der Waals surface area contributed by atoms with Gasteiger partial charge < -0.3 is 15.4 Å². The fourth-order valence-electron chi connectivity index (χ4n) is 2.20. The highest BCUT2D eigenvalue weighted by Gasteiger charge is 2.22. The zero-order valence-electron chi connectivity index (χ0n) is 11.4. The highest BCUT2D eigenvalue weighted by Crippen LogP contribution is 2.19. The number of rotatable bonds is 3. The molecule has 4 nitrogen and oxygen atoms in total. The molecule has 102 valence electrons. The number of allylic oxidation sites excluding steroid dienone is 1. The number of benzene rings is 1. The lowest BCUT2D eigenvalue weighted by Gasteiger charge is -2.13. The van der Waals surface area contributed by atoms with Crippen molar-refractivity contribution in [3.63, 3.8) is 0 Å². The molecular weight excluding hydrogens is 240 g/mol. The lowest BCUT2D eigenvalue weighted by atomic mass is 10.1. The molecule has 1 fully saturated rings. The minimum Gasteiger partial charge on any atom is -0.497 e. The van der Waals surface area contributed by atoms with Crippen LogP contribution < -0.4 is 10.5 Å². The Labute approximate surface area is 113 Å². The average Bonchev–Trinajstić information content (AvgIpc) is 2.85.